The van der Waals surface area contributed by atoms with Gasteiger partial charge in [0.25, 0.3) is 0 Å². The molecule has 0 N–H and O–H groups in total. The Balaban J connectivity index is -0.0000000619. The molecule has 0 heterocycles. The van der Waals surface area contributed by atoms with Crippen molar-refractivity contribution in [3.8, 4) is 0 Å². The SMILES string of the molecule is CC.CCOCC.CCOCC.Cl.Cl.O=C1C=CC(=O)C=C1. The number of hydrogen-bond donors (Lipinski definition) is 0. The smallest absolute Gasteiger partial charge is 0.178 e. The highest BCUT2D eigenvalue weighted by Gasteiger charge is 1.97. The summed E-state index contributed by atoms with van der Waals surface area (Å²) < 4.78 is 9.67. The number of ether oxygens (including phenoxy) is 2. The lowest BCUT2D eigenvalue weighted by molar-refractivity contribution is -0.113. The number of rotatable bonds is 4. The predicted molar refractivity (Wildman–Crippen MR) is 98.5 cm³/mol. The normalized spacial score (nSPS) is 10.5. The number of ketones is 2. The number of halogens is 2. The third-order valence-electron chi connectivity index (χ3n) is 1.64. The Morgan fingerprint density at radius 3 is 0.909 bits per heavy atom. The first kappa shape index (κ1) is 33.1. The highest BCUT2D eigenvalue weighted by atomic mass is 35.5. The molecule has 0 unspecified atom stereocenters. The van der Waals surface area contributed by atoms with Crippen LogP contribution in [0.2, 0.25) is 0 Å². The van der Waals surface area contributed by atoms with E-state index in [9.17, 15) is 9.59 Å². The van der Waals surface area contributed by atoms with Crippen molar-refractivity contribution in [1.29, 1.82) is 0 Å². The molecule has 22 heavy (non-hydrogen) atoms. The van der Waals surface area contributed by atoms with Gasteiger partial charge in [-0.3, -0.25) is 9.59 Å². The van der Waals surface area contributed by atoms with Crippen molar-refractivity contribution < 1.29 is 19.1 Å². The summed E-state index contributed by atoms with van der Waals surface area (Å²) in [7, 11) is 0. The molecule has 0 atom stereocenters. The molecule has 0 saturated carbocycles. The highest BCUT2D eigenvalue weighted by Crippen LogP contribution is 1.90. The van der Waals surface area contributed by atoms with Crippen LogP contribution < -0.4 is 0 Å². The third-order valence-corrected chi connectivity index (χ3v) is 1.64. The summed E-state index contributed by atoms with van der Waals surface area (Å²) in [5.41, 5.74) is 0. The fourth-order valence-electron chi connectivity index (χ4n) is 0.848. The van der Waals surface area contributed by atoms with E-state index >= 15 is 0 Å². The molecule has 0 spiro atoms. The molecule has 1 rings (SSSR count). The Hall–Kier alpha value is -0.680. The average Bonchev–Trinajstić information content (AvgIpc) is 2.47. The summed E-state index contributed by atoms with van der Waals surface area (Å²) in [5.74, 6) is -0.241. The summed E-state index contributed by atoms with van der Waals surface area (Å²) in [6.45, 7) is 15.3. The van der Waals surface area contributed by atoms with Gasteiger partial charge < -0.3 is 9.47 Å². The van der Waals surface area contributed by atoms with Gasteiger partial charge in [-0.1, -0.05) is 13.8 Å². The minimum atomic E-state index is -0.121. The third kappa shape index (κ3) is 36.5. The molecule has 0 saturated heterocycles. The summed E-state index contributed by atoms with van der Waals surface area (Å²) in [6, 6.07) is 0. The molecule has 0 amide bonds. The Bertz CT molecular complexity index is 229. The quantitative estimate of drug-likeness (QED) is 0.706. The second-order valence-electron chi connectivity index (χ2n) is 3.03. The van der Waals surface area contributed by atoms with Crippen LogP contribution in [0.4, 0.5) is 0 Å². The van der Waals surface area contributed by atoms with Crippen LogP contribution in [-0.2, 0) is 19.1 Å². The van der Waals surface area contributed by atoms with Crippen molar-refractivity contribution in [3.63, 3.8) is 0 Å². The van der Waals surface area contributed by atoms with E-state index in [1.807, 2.05) is 41.5 Å². The van der Waals surface area contributed by atoms with Crippen molar-refractivity contribution in [2.75, 3.05) is 26.4 Å². The zero-order valence-electron chi connectivity index (χ0n) is 14.6. The largest absolute Gasteiger partial charge is 0.382 e. The second kappa shape index (κ2) is 32.3. The fourth-order valence-corrected chi connectivity index (χ4v) is 0.848. The molecule has 0 aromatic heterocycles. The lowest BCUT2D eigenvalue weighted by Gasteiger charge is -1.87. The van der Waals surface area contributed by atoms with Gasteiger partial charge in [0.05, 0.1) is 0 Å². The van der Waals surface area contributed by atoms with E-state index in [-0.39, 0.29) is 36.4 Å². The Morgan fingerprint density at radius 1 is 0.636 bits per heavy atom. The van der Waals surface area contributed by atoms with E-state index in [0.717, 1.165) is 26.4 Å². The number of allylic oxidation sites excluding steroid dienone is 4. The Kier molecular flexibility index (Phi) is 48.6. The second-order valence-corrected chi connectivity index (χ2v) is 3.03. The van der Waals surface area contributed by atoms with E-state index < -0.39 is 0 Å². The van der Waals surface area contributed by atoms with E-state index in [0.29, 0.717) is 0 Å². The maximum atomic E-state index is 10.3. The first-order chi connectivity index (χ1) is 9.62. The number of carbonyl (C=O) groups excluding carboxylic acids is 2. The standard InChI is InChI=1S/C6H4O2.2C4H10O.C2H6.2ClH/c7-5-1-2-6(8)4-3-5;2*1-3-5-4-2;1-2;;/h1-4H;2*3-4H2,1-2H3;1-2H3;2*1H. The molecule has 4 nitrogen and oxygen atoms in total. The molecule has 0 aromatic rings. The molecular weight excluding hydrogens is 327 g/mol. The van der Waals surface area contributed by atoms with Crippen LogP contribution in [0.1, 0.15) is 41.5 Å². The molecular formula is C16H32Cl2O4. The maximum Gasteiger partial charge on any atom is 0.178 e. The zero-order valence-corrected chi connectivity index (χ0v) is 16.2. The average molecular weight is 359 g/mol. The molecule has 0 fully saturated rings. The van der Waals surface area contributed by atoms with Crippen molar-refractivity contribution in [3.05, 3.63) is 24.3 Å². The van der Waals surface area contributed by atoms with Gasteiger partial charge in [0.15, 0.2) is 11.6 Å². The van der Waals surface area contributed by atoms with Crippen LogP contribution in [-0.4, -0.2) is 38.0 Å². The highest BCUT2D eigenvalue weighted by molar-refractivity contribution is 6.14. The van der Waals surface area contributed by atoms with Gasteiger partial charge in [-0.15, -0.1) is 24.8 Å². The Labute approximate surface area is 148 Å². The maximum absolute atomic E-state index is 10.3. The van der Waals surface area contributed by atoms with Crippen LogP contribution in [0.25, 0.3) is 0 Å². The topological polar surface area (TPSA) is 52.6 Å². The minimum Gasteiger partial charge on any atom is -0.382 e. The van der Waals surface area contributed by atoms with E-state index in [1.54, 1.807) is 0 Å². The van der Waals surface area contributed by atoms with Gasteiger partial charge in [-0.25, -0.2) is 0 Å². The number of carbonyl (C=O) groups is 2. The van der Waals surface area contributed by atoms with E-state index in [1.165, 1.54) is 24.3 Å². The van der Waals surface area contributed by atoms with Crippen LogP contribution in [0, 0.1) is 0 Å². The van der Waals surface area contributed by atoms with Gasteiger partial charge in [-0.05, 0) is 52.0 Å². The molecule has 134 valence electrons. The van der Waals surface area contributed by atoms with Crippen LogP contribution in [0.15, 0.2) is 24.3 Å². The summed E-state index contributed by atoms with van der Waals surface area (Å²) >= 11 is 0. The van der Waals surface area contributed by atoms with Gasteiger partial charge in [0.2, 0.25) is 0 Å². The van der Waals surface area contributed by atoms with Gasteiger partial charge >= 0.3 is 0 Å². The van der Waals surface area contributed by atoms with Gasteiger partial charge in [-0.2, -0.15) is 0 Å². The van der Waals surface area contributed by atoms with Crippen LogP contribution in [0.3, 0.4) is 0 Å². The lowest BCUT2D eigenvalue weighted by atomic mass is 10.2. The lowest BCUT2D eigenvalue weighted by Crippen LogP contribution is -1.97. The molecule has 1 aliphatic carbocycles. The van der Waals surface area contributed by atoms with Crippen LogP contribution in [0.5, 0.6) is 0 Å². The summed E-state index contributed by atoms with van der Waals surface area (Å²) in [4.78, 5) is 20.6. The fraction of sp³-hybridized carbons (Fsp3) is 0.625. The van der Waals surface area contributed by atoms with E-state index in [2.05, 4.69) is 0 Å². The molecule has 0 radical (unpaired) electrons. The molecule has 0 bridgehead atoms. The van der Waals surface area contributed by atoms with E-state index in [4.69, 9.17) is 9.47 Å². The summed E-state index contributed by atoms with van der Waals surface area (Å²) in [5, 5.41) is 0. The van der Waals surface area contributed by atoms with Crippen molar-refractivity contribution in [2.45, 2.75) is 41.5 Å². The summed E-state index contributed by atoms with van der Waals surface area (Å²) in [6.07, 6.45) is 5.01. The first-order valence-corrected chi connectivity index (χ1v) is 7.21. The van der Waals surface area contributed by atoms with Gasteiger partial charge in [0.1, 0.15) is 0 Å². The molecule has 0 aromatic carbocycles. The minimum absolute atomic E-state index is 0. The molecule has 6 heteroatoms. The van der Waals surface area contributed by atoms with Gasteiger partial charge in [0, 0.05) is 26.4 Å². The predicted octanol–water partition coefficient (Wildman–Crippen LogP) is 4.21. The number of hydrogen-bond acceptors (Lipinski definition) is 4. The molecule has 0 aliphatic heterocycles. The van der Waals surface area contributed by atoms with Crippen molar-refractivity contribution in [2.24, 2.45) is 0 Å². The Morgan fingerprint density at radius 2 is 0.818 bits per heavy atom. The van der Waals surface area contributed by atoms with Crippen molar-refractivity contribution in [1.82, 2.24) is 0 Å². The van der Waals surface area contributed by atoms with Crippen LogP contribution >= 0.6 is 24.8 Å². The van der Waals surface area contributed by atoms with Crippen molar-refractivity contribution >= 4 is 36.4 Å². The molecule has 1 aliphatic rings. The monoisotopic (exact) mass is 358 g/mol. The first-order valence-electron chi connectivity index (χ1n) is 7.21. The zero-order chi connectivity index (χ0) is 16.2.